The average Bonchev–Trinajstić information content (AvgIpc) is 3.24. The minimum Gasteiger partial charge on any atom is -0.367 e. The molecule has 5 rings (SSSR count). The molecule has 3 aromatic heterocycles. The van der Waals surface area contributed by atoms with Gasteiger partial charge in [0.15, 0.2) is 21.0 Å². The van der Waals surface area contributed by atoms with Crippen LogP contribution in [-0.2, 0) is 14.8 Å². The second-order valence-corrected chi connectivity index (χ2v) is 13.0. The van der Waals surface area contributed by atoms with Gasteiger partial charge in [-0.3, -0.25) is 14.1 Å². The van der Waals surface area contributed by atoms with E-state index >= 15 is 0 Å². The molecule has 2 fully saturated rings. The van der Waals surface area contributed by atoms with Crippen LogP contribution in [0.1, 0.15) is 31.2 Å². The van der Waals surface area contributed by atoms with Gasteiger partial charge < -0.3 is 9.80 Å². The number of sulfonamides is 1. The summed E-state index contributed by atoms with van der Waals surface area (Å²) in [4.78, 5) is 22.1. The molecule has 1 saturated carbocycles. The van der Waals surface area contributed by atoms with Crippen molar-refractivity contribution in [3.05, 3.63) is 22.4 Å². The second-order valence-electron chi connectivity index (χ2n) is 9.97. The van der Waals surface area contributed by atoms with Crippen molar-refractivity contribution in [2.75, 3.05) is 51.7 Å². The molecule has 0 radical (unpaired) electrons. The number of piperazine rings is 1. The highest BCUT2D eigenvalue weighted by atomic mass is 35.5. The van der Waals surface area contributed by atoms with Crippen LogP contribution in [0, 0.1) is 0 Å². The van der Waals surface area contributed by atoms with Gasteiger partial charge >= 0.3 is 0 Å². The number of rotatable bonds is 8. The molecule has 0 aromatic carbocycles. The van der Waals surface area contributed by atoms with Gasteiger partial charge in [0.2, 0.25) is 15.9 Å². The number of alkyl halides is 2. The molecule has 1 aliphatic carbocycles. The maximum absolute atomic E-state index is 13.4. The number of nitrogens with one attached hydrogen (secondary N) is 1. The zero-order valence-corrected chi connectivity index (χ0v) is 23.4. The second kappa shape index (κ2) is 9.93. The smallest absolute Gasteiger partial charge is 0.291 e. The third kappa shape index (κ3) is 5.34. The van der Waals surface area contributed by atoms with Gasteiger partial charge in [0.1, 0.15) is 10.4 Å². The molecular formula is C22H27ClF2N8O3S2. The summed E-state index contributed by atoms with van der Waals surface area (Å²) in [6, 6.07) is 1.56. The number of nitrogens with zero attached hydrogens (tertiary/aromatic N) is 7. The highest BCUT2D eigenvalue weighted by molar-refractivity contribution is 7.89. The Morgan fingerprint density at radius 3 is 2.50 bits per heavy atom. The molecule has 4 heterocycles. The Balaban J connectivity index is 1.56. The lowest BCUT2D eigenvalue weighted by molar-refractivity contribution is -0.129. The molecule has 38 heavy (non-hydrogen) atoms. The van der Waals surface area contributed by atoms with Crippen LogP contribution in [0.5, 0.6) is 0 Å². The quantitative estimate of drug-likeness (QED) is 0.427. The summed E-state index contributed by atoms with van der Waals surface area (Å²) in [6.07, 6.45) is 0.0568. The lowest BCUT2D eigenvalue weighted by Gasteiger charge is -2.36. The first-order valence-corrected chi connectivity index (χ1v) is 14.6. The summed E-state index contributed by atoms with van der Waals surface area (Å²) in [6.45, 7) is 4.29. The van der Waals surface area contributed by atoms with Crippen molar-refractivity contribution in [1.82, 2.24) is 34.1 Å². The Morgan fingerprint density at radius 2 is 1.92 bits per heavy atom. The Labute approximate surface area is 227 Å². The Hall–Kier alpha value is -2.46. The van der Waals surface area contributed by atoms with Gasteiger partial charge in [0.25, 0.3) is 6.43 Å². The molecular weight excluding hydrogens is 562 g/mol. The van der Waals surface area contributed by atoms with E-state index in [-0.39, 0.29) is 33.3 Å². The van der Waals surface area contributed by atoms with Crippen molar-refractivity contribution in [2.45, 2.75) is 36.6 Å². The van der Waals surface area contributed by atoms with Gasteiger partial charge in [-0.1, -0.05) is 22.9 Å². The fourth-order valence-electron chi connectivity index (χ4n) is 4.23. The first-order chi connectivity index (χ1) is 17.9. The monoisotopic (exact) mass is 588 g/mol. The average molecular weight is 589 g/mol. The number of anilines is 1. The number of amides is 1. The lowest BCUT2D eigenvalue weighted by Crippen LogP contribution is -2.49. The maximum Gasteiger partial charge on any atom is 0.291 e. The van der Waals surface area contributed by atoms with Crippen LogP contribution in [0.3, 0.4) is 0 Å². The fourth-order valence-corrected chi connectivity index (χ4v) is 6.67. The van der Waals surface area contributed by atoms with Crippen LogP contribution in [-0.4, -0.2) is 96.1 Å². The molecule has 206 valence electrons. The van der Waals surface area contributed by atoms with Gasteiger partial charge in [0.05, 0.1) is 12.2 Å². The van der Waals surface area contributed by atoms with Crippen molar-refractivity contribution in [3.8, 4) is 10.8 Å². The topological polar surface area (TPSA) is 116 Å². The number of carbonyl (C=O) groups excluding carboxylic acids is 1. The van der Waals surface area contributed by atoms with Crippen LogP contribution in [0.2, 0.25) is 5.15 Å². The van der Waals surface area contributed by atoms with E-state index in [0.717, 1.165) is 12.8 Å². The van der Waals surface area contributed by atoms with Crippen molar-refractivity contribution in [1.29, 1.82) is 0 Å². The molecule has 1 saturated heterocycles. The van der Waals surface area contributed by atoms with Gasteiger partial charge in [-0.05, 0) is 25.8 Å². The number of halogens is 3. The third-order valence-corrected chi connectivity index (χ3v) is 9.52. The number of hydrogen-bond donors (Lipinski definition) is 1. The van der Waals surface area contributed by atoms with E-state index < -0.39 is 27.0 Å². The van der Waals surface area contributed by atoms with Gasteiger partial charge in [-0.2, -0.15) is 0 Å². The summed E-state index contributed by atoms with van der Waals surface area (Å²) in [5.41, 5.74) is 0.471. The highest BCUT2D eigenvalue weighted by Crippen LogP contribution is 2.39. The molecule has 1 N–H and O–H groups in total. The third-order valence-electron chi connectivity index (χ3n) is 6.73. The minimum atomic E-state index is -3.92. The van der Waals surface area contributed by atoms with Crippen LogP contribution >= 0.6 is 22.9 Å². The Morgan fingerprint density at radius 1 is 1.24 bits per heavy atom. The molecule has 1 amide bonds. The van der Waals surface area contributed by atoms with Crippen LogP contribution < -0.4 is 9.62 Å². The molecule has 2 aliphatic rings. The van der Waals surface area contributed by atoms with E-state index in [9.17, 15) is 22.0 Å². The van der Waals surface area contributed by atoms with E-state index in [0.29, 0.717) is 48.7 Å². The van der Waals surface area contributed by atoms with Gasteiger partial charge in [-0.25, -0.2) is 26.9 Å². The molecule has 11 nitrogen and oxygen atoms in total. The van der Waals surface area contributed by atoms with E-state index in [4.69, 9.17) is 11.6 Å². The van der Waals surface area contributed by atoms with Gasteiger partial charge in [-0.15, -0.1) is 10.2 Å². The van der Waals surface area contributed by atoms with Crippen molar-refractivity contribution >= 4 is 50.1 Å². The van der Waals surface area contributed by atoms with Crippen molar-refractivity contribution < 1.29 is 22.0 Å². The number of carbonyl (C=O) groups is 1. The molecule has 0 bridgehead atoms. The highest BCUT2D eigenvalue weighted by Gasteiger charge is 2.41. The standard InChI is InChI=1S/C22H27ClF2N8O3S2/c1-22(4-5-22)29-38(35,36)13-10-14(32-8-6-31(7-9-32)12-15(34)30(2)3)16-17(23)26-19(33(16)11-13)21-28-27-20(37-21)18(24)25/h10-11,18,29H,4-9,12H2,1-3H3. The Kier molecular flexibility index (Phi) is 7.09. The van der Waals surface area contributed by atoms with Crippen LogP contribution in [0.15, 0.2) is 17.2 Å². The summed E-state index contributed by atoms with van der Waals surface area (Å²) >= 11 is 7.23. The molecule has 1 aliphatic heterocycles. The number of pyridine rings is 1. The van der Waals surface area contributed by atoms with Crippen molar-refractivity contribution in [2.24, 2.45) is 0 Å². The van der Waals surface area contributed by atoms with E-state index in [2.05, 4.69) is 19.9 Å². The first-order valence-electron chi connectivity index (χ1n) is 11.9. The first kappa shape index (κ1) is 27.1. The summed E-state index contributed by atoms with van der Waals surface area (Å²) < 4.78 is 57.4. The van der Waals surface area contributed by atoms with Gasteiger partial charge in [0, 0.05) is 52.0 Å². The predicted octanol–water partition coefficient (Wildman–Crippen LogP) is 2.48. The maximum atomic E-state index is 13.4. The molecule has 0 atom stereocenters. The van der Waals surface area contributed by atoms with E-state index in [1.54, 1.807) is 20.2 Å². The predicted molar refractivity (Wildman–Crippen MR) is 139 cm³/mol. The molecule has 3 aromatic rings. The number of likely N-dealkylation sites (N-methyl/N-ethyl adjacent to an activating group) is 1. The zero-order valence-electron chi connectivity index (χ0n) is 21.0. The molecule has 0 spiro atoms. The van der Waals surface area contributed by atoms with E-state index in [1.165, 1.54) is 15.5 Å². The largest absolute Gasteiger partial charge is 0.367 e. The lowest BCUT2D eigenvalue weighted by atomic mass is 10.2. The van der Waals surface area contributed by atoms with Crippen molar-refractivity contribution in [3.63, 3.8) is 0 Å². The fraction of sp³-hybridized carbons (Fsp3) is 0.545. The zero-order chi connectivity index (χ0) is 27.4. The SMILES string of the molecule is CN(C)C(=O)CN1CCN(c2cc(S(=O)(=O)NC3(C)CC3)cn3c(-c4nnc(C(F)F)s4)nc(Cl)c23)CC1. The summed E-state index contributed by atoms with van der Waals surface area (Å²) in [5.74, 6) is 0.123. The number of imidazole rings is 1. The Bertz CT molecular complexity index is 1480. The minimum absolute atomic E-state index is 0.00252. The van der Waals surface area contributed by atoms with E-state index in [1.807, 2.05) is 16.7 Å². The summed E-state index contributed by atoms with van der Waals surface area (Å²) in [7, 11) is -0.510. The number of fused-ring (bicyclic) bond motifs is 1. The van der Waals surface area contributed by atoms with Crippen LogP contribution in [0.4, 0.5) is 14.5 Å². The molecule has 0 unspecified atom stereocenters. The number of aromatic nitrogens is 4. The summed E-state index contributed by atoms with van der Waals surface area (Å²) in [5, 5.41) is 7.10. The normalized spacial score (nSPS) is 17.9. The molecule has 16 heteroatoms. The van der Waals surface area contributed by atoms with Crippen LogP contribution in [0.25, 0.3) is 16.3 Å². The number of hydrogen-bond acceptors (Lipinski definition) is 9.